The number of unbranched alkanes of at least 4 members (excludes halogenated alkanes) is 2. The van der Waals surface area contributed by atoms with Gasteiger partial charge in [0.15, 0.2) is 6.23 Å². The van der Waals surface area contributed by atoms with Gasteiger partial charge in [-0.25, -0.2) is 4.79 Å². The minimum Gasteiger partial charge on any atom is -0.445 e. The smallest absolute Gasteiger partial charge is 0.327 e. The summed E-state index contributed by atoms with van der Waals surface area (Å²) in [7, 11) is 0. The van der Waals surface area contributed by atoms with E-state index in [0.29, 0.717) is 0 Å². The second-order valence-corrected chi connectivity index (χ2v) is 4.32. The molecule has 15 heavy (non-hydrogen) atoms. The number of esters is 1. The predicted octanol–water partition coefficient (Wildman–Crippen LogP) is 2.60. The maximum atomic E-state index is 11.7. The van der Waals surface area contributed by atoms with Crippen molar-refractivity contribution in [3.05, 3.63) is 0 Å². The molecule has 1 fully saturated rings. The van der Waals surface area contributed by atoms with Crippen LogP contribution in [0.2, 0.25) is 0 Å². The molecule has 1 N–H and O–H groups in total. The third kappa shape index (κ3) is 2.71. The zero-order chi connectivity index (χ0) is 11.3. The van der Waals surface area contributed by atoms with E-state index in [1.54, 1.807) is 0 Å². The van der Waals surface area contributed by atoms with Gasteiger partial charge in [0.2, 0.25) is 0 Å². The summed E-state index contributed by atoms with van der Waals surface area (Å²) >= 11 is 0. The Hall–Kier alpha value is -0.570. The van der Waals surface area contributed by atoms with E-state index in [9.17, 15) is 4.79 Å². The molecule has 1 saturated heterocycles. The zero-order valence-electron chi connectivity index (χ0n) is 10.1. The van der Waals surface area contributed by atoms with Crippen LogP contribution in [-0.4, -0.2) is 17.7 Å². The molecule has 3 nitrogen and oxygen atoms in total. The molecule has 88 valence electrons. The van der Waals surface area contributed by atoms with Crippen molar-refractivity contribution in [2.75, 3.05) is 0 Å². The van der Waals surface area contributed by atoms with Crippen LogP contribution >= 0.6 is 0 Å². The topological polar surface area (TPSA) is 38.3 Å². The van der Waals surface area contributed by atoms with Crippen LogP contribution in [0.4, 0.5) is 0 Å². The first-order valence-corrected chi connectivity index (χ1v) is 6.17. The lowest BCUT2D eigenvalue weighted by Crippen LogP contribution is -2.46. The average Bonchev–Trinajstić information content (AvgIpc) is 2.56. The highest BCUT2D eigenvalue weighted by atomic mass is 16.6. The molecule has 1 unspecified atom stereocenters. The Morgan fingerprint density at radius 3 is 2.40 bits per heavy atom. The minimum atomic E-state index is -0.406. The molecule has 3 heteroatoms. The van der Waals surface area contributed by atoms with E-state index in [2.05, 4.69) is 12.2 Å². The van der Waals surface area contributed by atoms with Gasteiger partial charge in [-0.05, 0) is 25.7 Å². The first kappa shape index (κ1) is 12.5. The van der Waals surface area contributed by atoms with Gasteiger partial charge in [0.05, 0.1) is 0 Å². The van der Waals surface area contributed by atoms with E-state index in [4.69, 9.17) is 4.74 Å². The molecule has 0 spiro atoms. The molecule has 1 rings (SSSR count). The van der Waals surface area contributed by atoms with E-state index in [-0.39, 0.29) is 12.2 Å². The van der Waals surface area contributed by atoms with Gasteiger partial charge >= 0.3 is 5.97 Å². The number of cyclic esters (lactones) is 1. The molecule has 0 bridgehead atoms. The number of hydrogen-bond acceptors (Lipinski definition) is 3. The lowest BCUT2D eigenvalue weighted by atomic mass is 9.94. The summed E-state index contributed by atoms with van der Waals surface area (Å²) in [5.41, 5.74) is -0.406. The molecule has 0 aliphatic carbocycles. The van der Waals surface area contributed by atoms with E-state index >= 15 is 0 Å². The van der Waals surface area contributed by atoms with E-state index in [1.807, 2.05) is 13.8 Å². The molecule has 1 aliphatic heterocycles. The van der Waals surface area contributed by atoms with Gasteiger partial charge in [-0.3, -0.25) is 5.32 Å². The summed E-state index contributed by atoms with van der Waals surface area (Å²) in [4.78, 5) is 11.7. The third-order valence-corrected chi connectivity index (χ3v) is 3.35. The average molecular weight is 213 g/mol. The van der Waals surface area contributed by atoms with Crippen LogP contribution in [0.15, 0.2) is 0 Å². The quantitative estimate of drug-likeness (QED) is 0.544. The number of nitrogens with one attached hydrogen (secondary N) is 1. The van der Waals surface area contributed by atoms with Crippen molar-refractivity contribution in [3.8, 4) is 0 Å². The highest BCUT2D eigenvalue weighted by molar-refractivity contribution is 5.82. The van der Waals surface area contributed by atoms with Crippen LogP contribution in [0.25, 0.3) is 0 Å². The summed E-state index contributed by atoms with van der Waals surface area (Å²) in [6.07, 6.45) is 6.06. The minimum absolute atomic E-state index is 0.0519. The van der Waals surface area contributed by atoms with Gasteiger partial charge in [0, 0.05) is 0 Å². The van der Waals surface area contributed by atoms with Crippen molar-refractivity contribution < 1.29 is 9.53 Å². The van der Waals surface area contributed by atoms with E-state index in [1.165, 1.54) is 12.8 Å². The number of hydrogen-bond donors (Lipinski definition) is 1. The Labute approximate surface area is 92.6 Å². The second kappa shape index (κ2) is 5.50. The molecule has 1 heterocycles. The largest absolute Gasteiger partial charge is 0.445 e. The Bertz CT molecular complexity index is 212. The van der Waals surface area contributed by atoms with Crippen molar-refractivity contribution in [2.45, 2.75) is 71.1 Å². The third-order valence-electron chi connectivity index (χ3n) is 3.35. The molecule has 0 aromatic heterocycles. The first-order chi connectivity index (χ1) is 7.18. The van der Waals surface area contributed by atoms with Crippen molar-refractivity contribution in [1.82, 2.24) is 5.32 Å². The normalized spacial score (nSPS) is 24.2. The van der Waals surface area contributed by atoms with Crippen LogP contribution in [0.1, 0.15) is 59.3 Å². The van der Waals surface area contributed by atoms with Crippen LogP contribution in [0.5, 0.6) is 0 Å². The van der Waals surface area contributed by atoms with Gasteiger partial charge < -0.3 is 4.74 Å². The molecule has 1 aliphatic rings. The SMILES string of the molecule is CCCCCC1NC(CC)(CC)C(=O)O1. The summed E-state index contributed by atoms with van der Waals surface area (Å²) in [6, 6.07) is 0. The Morgan fingerprint density at radius 2 is 1.93 bits per heavy atom. The Morgan fingerprint density at radius 1 is 1.27 bits per heavy atom. The molecule has 0 saturated carbocycles. The van der Waals surface area contributed by atoms with Crippen molar-refractivity contribution in [2.24, 2.45) is 0 Å². The molecular formula is C12H23NO2. The van der Waals surface area contributed by atoms with Gasteiger partial charge in [-0.15, -0.1) is 0 Å². The van der Waals surface area contributed by atoms with Crippen molar-refractivity contribution in [1.29, 1.82) is 0 Å². The second-order valence-electron chi connectivity index (χ2n) is 4.32. The molecule has 0 aromatic rings. The van der Waals surface area contributed by atoms with Crippen LogP contribution in [-0.2, 0) is 9.53 Å². The van der Waals surface area contributed by atoms with Crippen LogP contribution in [0, 0.1) is 0 Å². The van der Waals surface area contributed by atoms with E-state index in [0.717, 1.165) is 25.7 Å². The summed E-state index contributed by atoms with van der Waals surface area (Å²) in [5, 5.41) is 3.34. The highest BCUT2D eigenvalue weighted by Gasteiger charge is 2.45. The molecule has 1 atom stereocenters. The fourth-order valence-corrected chi connectivity index (χ4v) is 2.09. The van der Waals surface area contributed by atoms with Gasteiger partial charge in [0.1, 0.15) is 5.54 Å². The van der Waals surface area contributed by atoms with Gasteiger partial charge in [0.25, 0.3) is 0 Å². The highest BCUT2D eigenvalue weighted by Crippen LogP contribution is 2.26. The van der Waals surface area contributed by atoms with Gasteiger partial charge in [-0.1, -0.05) is 33.6 Å². The number of carbonyl (C=O) groups excluding carboxylic acids is 1. The number of carbonyl (C=O) groups is 1. The maximum absolute atomic E-state index is 11.7. The standard InChI is InChI=1S/C12H23NO2/c1-4-7-8-9-10-13-12(5-2,6-3)11(14)15-10/h10,13H,4-9H2,1-3H3. The Balaban J connectivity index is 2.44. The lowest BCUT2D eigenvalue weighted by Gasteiger charge is -2.21. The van der Waals surface area contributed by atoms with Crippen LogP contribution in [0.3, 0.4) is 0 Å². The molecular weight excluding hydrogens is 190 g/mol. The monoisotopic (exact) mass is 213 g/mol. The summed E-state index contributed by atoms with van der Waals surface area (Å²) in [6.45, 7) is 6.24. The molecule has 0 aromatic carbocycles. The zero-order valence-corrected chi connectivity index (χ0v) is 10.1. The summed E-state index contributed by atoms with van der Waals surface area (Å²) < 4.78 is 5.36. The predicted molar refractivity (Wildman–Crippen MR) is 60.5 cm³/mol. The number of rotatable bonds is 6. The maximum Gasteiger partial charge on any atom is 0.327 e. The lowest BCUT2D eigenvalue weighted by molar-refractivity contribution is -0.145. The number of ether oxygens (including phenoxy) is 1. The van der Waals surface area contributed by atoms with E-state index < -0.39 is 5.54 Å². The molecule has 0 amide bonds. The fourth-order valence-electron chi connectivity index (χ4n) is 2.09. The summed E-state index contributed by atoms with van der Waals surface area (Å²) in [5.74, 6) is -0.0611. The fraction of sp³-hybridized carbons (Fsp3) is 0.917. The molecule has 0 radical (unpaired) electrons. The van der Waals surface area contributed by atoms with Crippen molar-refractivity contribution in [3.63, 3.8) is 0 Å². The van der Waals surface area contributed by atoms with Crippen molar-refractivity contribution >= 4 is 5.97 Å². The Kier molecular flexibility index (Phi) is 4.58. The first-order valence-electron chi connectivity index (χ1n) is 6.17. The van der Waals surface area contributed by atoms with Crippen LogP contribution < -0.4 is 5.32 Å². The van der Waals surface area contributed by atoms with Gasteiger partial charge in [-0.2, -0.15) is 0 Å².